The number of benzene rings is 1. The van der Waals surface area contributed by atoms with Crippen molar-refractivity contribution >= 4 is 11.7 Å². The number of ether oxygens (including phenoxy) is 3. The third-order valence-corrected chi connectivity index (χ3v) is 3.50. The molecule has 0 spiro atoms. The van der Waals surface area contributed by atoms with Gasteiger partial charge < -0.3 is 19.9 Å². The van der Waals surface area contributed by atoms with Crippen molar-refractivity contribution in [1.82, 2.24) is 0 Å². The van der Waals surface area contributed by atoms with Crippen LogP contribution in [0.3, 0.4) is 0 Å². The molecule has 1 aromatic rings. The molecule has 21 heavy (non-hydrogen) atoms. The number of anilines is 1. The van der Waals surface area contributed by atoms with Crippen molar-refractivity contribution in [2.24, 2.45) is 0 Å². The van der Waals surface area contributed by atoms with E-state index in [2.05, 4.69) is 6.92 Å². The number of carbonyl (C=O) groups excluding carboxylic acids is 1. The summed E-state index contributed by atoms with van der Waals surface area (Å²) in [6.07, 6.45) is 6.92. The van der Waals surface area contributed by atoms with E-state index < -0.39 is 5.97 Å². The summed E-state index contributed by atoms with van der Waals surface area (Å²) in [4.78, 5) is 12.0. The second kappa shape index (κ2) is 7.76. The number of esters is 1. The molecule has 1 aliphatic heterocycles. The topological polar surface area (TPSA) is 70.8 Å². The van der Waals surface area contributed by atoms with E-state index in [-0.39, 0.29) is 6.79 Å². The second-order valence-electron chi connectivity index (χ2n) is 5.20. The molecular weight excluding hydrogens is 270 g/mol. The molecule has 0 saturated carbocycles. The van der Waals surface area contributed by atoms with Crippen molar-refractivity contribution in [2.45, 2.75) is 45.4 Å². The number of unbranched alkanes of at least 4 members (excludes halogenated alkanes) is 5. The number of nitrogens with two attached hydrogens (primary N) is 1. The molecule has 0 unspecified atom stereocenters. The van der Waals surface area contributed by atoms with Gasteiger partial charge in [-0.15, -0.1) is 0 Å². The van der Waals surface area contributed by atoms with Crippen LogP contribution < -0.4 is 15.2 Å². The summed E-state index contributed by atoms with van der Waals surface area (Å²) >= 11 is 0. The van der Waals surface area contributed by atoms with Crippen LogP contribution in [-0.4, -0.2) is 19.4 Å². The van der Waals surface area contributed by atoms with Crippen LogP contribution in [0.15, 0.2) is 12.1 Å². The van der Waals surface area contributed by atoms with E-state index >= 15 is 0 Å². The molecule has 2 rings (SSSR count). The standard InChI is InChI=1S/C16H23NO4/c1-2-3-4-5-6-7-8-19-16(18)12-9-14-15(10-13(12)17)21-11-20-14/h9-10H,2-8,11,17H2,1H3. The van der Waals surface area contributed by atoms with Gasteiger partial charge in [-0.1, -0.05) is 39.0 Å². The minimum absolute atomic E-state index is 0.158. The molecule has 116 valence electrons. The summed E-state index contributed by atoms with van der Waals surface area (Å²) in [5.41, 5.74) is 6.54. The summed E-state index contributed by atoms with van der Waals surface area (Å²) < 4.78 is 15.7. The minimum Gasteiger partial charge on any atom is -0.462 e. The maximum Gasteiger partial charge on any atom is 0.340 e. The molecule has 0 atom stereocenters. The zero-order valence-electron chi connectivity index (χ0n) is 12.5. The molecule has 0 bridgehead atoms. The summed E-state index contributed by atoms with van der Waals surface area (Å²) in [5.74, 6) is 0.704. The predicted molar refractivity (Wildman–Crippen MR) is 80.6 cm³/mol. The normalized spacial score (nSPS) is 12.4. The number of hydrogen-bond donors (Lipinski definition) is 1. The van der Waals surface area contributed by atoms with Crippen LogP contribution in [0.1, 0.15) is 55.8 Å². The quantitative estimate of drug-likeness (QED) is 0.451. The van der Waals surface area contributed by atoms with Crippen molar-refractivity contribution in [2.75, 3.05) is 19.1 Å². The highest BCUT2D eigenvalue weighted by molar-refractivity contribution is 5.96. The zero-order valence-corrected chi connectivity index (χ0v) is 12.5. The van der Waals surface area contributed by atoms with Gasteiger partial charge in [-0.05, 0) is 6.42 Å². The van der Waals surface area contributed by atoms with Gasteiger partial charge in [0, 0.05) is 12.1 Å². The van der Waals surface area contributed by atoms with E-state index in [9.17, 15) is 4.79 Å². The fraction of sp³-hybridized carbons (Fsp3) is 0.562. The second-order valence-corrected chi connectivity index (χ2v) is 5.20. The lowest BCUT2D eigenvalue weighted by Gasteiger charge is -2.08. The van der Waals surface area contributed by atoms with Gasteiger partial charge in [-0.2, -0.15) is 0 Å². The Labute approximate surface area is 125 Å². The summed E-state index contributed by atoms with van der Waals surface area (Å²) in [5, 5.41) is 0. The first-order valence-corrected chi connectivity index (χ1v) is 7.58. The lowest BCUT2D eigenvalue weighted by molar-refractivity contribution is 0.0498. The van der Waals surface area contributed by atoms with Gasteiger partial charge >= 0.3 is 5.97 Å². The molecule has 0 fully saturated rings. The van der Waals surface area contributed by atoms with E-state index in [4.69, 9.17) is 19.9 Å². The van der Waals surface area contributed by atoms with Crippen molar-refractivity contribution < 1.29 is 19.0 Å². The van der Waals surface area contributed by atoms with Crippen LogP contribution in [0.5, 0.6) is 11.5 Å². The highest BCUT2D eigenvalue weighted by Gasteiger charge is 2.20. The monoisotopic (exact) mass is 293 g/mol. The Morgan fingerprint density at radius 3 is 2.57 bits per heavy atom. The maximum absolute atomic E-state index is 12.0. The molecule has 1 aromatic carbocycles. The highest BCUT2D eigenvalue weighted by Crippen LogP contribution is 2.36. The van der Waals surface area contributed by atoms with Crippen LogP contribution in [-0.2, 0) is 4.74 Å². The van der Waals surface area contributed by atoms with Crippen molar-refractivity contribution in [1.29, 1.82) is 0 Å². The van der Waals surface area contributed by atoms with Gasteiger partial charge in [0.1, 0.15) is 0 Å². The van der Waals surface area contributed by atoms with Gasteiger partial charge in [0.15, 0.2) is 11.5 Å². The van der Waals surface area contributed by atoms with Crippen LogP contribution in [0.4, 0.5) is 5.69 Å². The van der Waals surface area contributed by atoms with Gasteiger partial charge in [0.2, 0.25) is 6.79 Å². The third-order valence-electron chi connectivity index (χ3n) is 3.50. The van der Waals surface area contributed by atoms with Crippen molar-refractivity contribution in [3.05, 3.63) is 17.7 Å². The van der Waals surface area contributed by atoms with E-state index in [0.29, 0.717) is 29.4 Å². The average Bonchev–Trinajstić information content (AvgIpc) is 2.92. The zero-order chi connectivity index (χ0) is 15.1. The first kappa shape index (κ1) is 15.5. The summed E-state index contributed by atoms with van der Waals surface area (Å²) in [6.45, 7) is 2.78. The Kier molecular flexibility index (Phi) is 5.72. The van der Waals surface area contributed by atoms with Crippen LogP contribution in [0.2, 0.25) is 0 Å². The maximum atomic E-state index is 12.0. The fourth-order valence-corrected chi connectivity index (χ4v) is 2.26. The number of hydrogen-bond acceptors (Lipinski definition) is 5. The molecule has 0 amide bonds. The molecule has 0 radical (unpaired) electrons. The SMILES string of the molecule is CCCCCCCCOC(=O)c1cc2c(cc1N)OCO2. The Hall–Kier alpha value is -1.91. The smallest absolute Gasteiger partial charge is 0.340 e. The Morgan fingerprint density at radius 1 is 1.14 bits per heavy atom. The Morgan fingerprint density at radius 2 is 1.81 bits per heavy atom. The van der Waals surface area contributed by atoms with E-state index in [1.807, 2.05) is 0 Å². The number of rotatable bonds is 8. The molecule has 0 aromatic heterocycles. The number of nitrogen functional groups attached to an aromatic ring is 1. The van der Waals surface area contributed by atoms with Crippen LogP contribution in [0, 0.1) is 0 Å². The number of carbonyl (C=O) groups is 1. The van der Waals surface area contributed by atoms with E-state index in [1.54, 1.807) is 12.1 Å². The van der Waals surface area contributed by atoms with Crippen LogP contribution >= 0.6 is 0 Å². The third kappa shape index (κ3) is 4.28. The van der Waals surface area contributed by atoms with Gasteiger partial charge in [0.05, 0.1) is 17.9 Å². The molecule has 5 heteroatoms. The lowest BCUT2D eigenvalue weighted by Crippen LogP contribution is -2.09. The van der Waals surface area contributed by atoms with E-state index in [0.717, 1.165) is 12.8 Å². The minimum atomic E-state index is -0.403. The predicted octanol–water partition coefficient (Wildman–Crippen LogP) is 3.51. The summed E-state index contributed by atoms with van der Waals surface area (Å²) in [6, 6.07) is 3.19. The van der Waals surface area contributed by atoms with Crippen molar-refractivity contribution in [3.63, 3.8) is 0 Å². The molecule has 0 aliphatic carbocycles. The molecule has 0 saturated heterocycles. The van der Waals surface area contributed by atoms with Gasteiger partial charge in [0.25, 0.3) is 0 Å². The largest absolute Gasteiger partial charge is 0.462 e. The van der Waals surface area contributed by atoms with E-state index in [1.165, 1.54) is 25.7 Å². The molecule has 5 nitrogen and oxygen atoms in total. The molecule has 1 heterocycles. The first-order chi connectivity index (χ1) is 10.2. The molecule has 1 aliphatic rings. The average molecular weight is 293 g/mol. The highest BCUT2D eigenvalue weighted by atomic mass is 16.7. The lowest BCUT2D eigenvalue weighted by atomic mass is 10.1. The summed E-state index contributed by atoms with van der Waals surface area (Å²) in [7, 11) is 0. The number of fused-ring (bicyclic) bond motifs is 1. The molecule has 2 N–H and O–H groups in total. The fourth-order valence-electron chi connectivity index (χ4n) is 2.26. The molecular formula is C16H23NO4. The van der Waals surface area contributed by atoms with Crippen LogP contribution in [0.25, 0.3) is 0 Å². The van der Waals surface area contributed by atoms with Crippen molar-refractivity contribution in [3.8, 4) is 11.5 Å². The first-order valence-electron chi connectivity index (χ1n) is 7.58. The Balaban J connectivity index is 1.76. The Bertz CT molecular complexity index is 487. The van der Waals surface area contributed by atoms with Gasteiger partial charge in [-0.25, -0.2) is 4.79 Å². The van der Waals surface area contributed by atoms with Gasteiger partial charge in [-0.3, -0.25) is 0 Å².